The van der Waals surface area contributed by atoms with Crippen molar-refractivity contribution in [3.8, 4) is 5.75 Å². The standard InChI is InChI=1S/C24H26F3NO2.C4H4O4/c1-17-15-20(16-18(2)23(17)30-14-13-28-11-5-6-12-28)22(29)10-9-19-7-3-4-8-21(19)24(25,26)27;5-3(6)1-2-4(7)8/h3-4,7-10,15-16H,5-6,11-14H2,1-2H3;1-2H,(H,5,6)(H,7,8)/b10-9+;2-1+. The van der Waals surface area contributed by atoms with Crippen LogP contribution in [0.25, 0.3) is 6.08 Å². The van der Waals surface area contributed by atoms with E-state index in [2.05, 4.69) is 4.90 Å². The lowest BCUT2D eigenvalue weighted by molar-refractivity contribution is -0.137. The van der Waals surface area contributed by atoms with E-state index in [0.717, 1.165) is 42.6 Å². The Hall–Kier alpha value is -3.92. The minimum absolute atomic E-state index is 0.0336. The van der Waals surface area contributed by atoms with Crippen molar-refractivity contribution in [3.63, 3.8) is 0 Å². The quantitative estimate of drug-likeness (QED) is 0.328. The summed E-state index contributed by atoms with van der Waals surface area (Å²) in [4.78, 5) is 34.0. The fourth-order valence-electron chi connectivity index (χ4n) is 3.91. The molecule has 10 heteroatoms. The Morgan fingerprint density at radius 3 is 2.03 bits per heavy atom. The number of alkyl halides is 3. The number of benzene rings is 2. The van der Waals surface area contributed by atoms with Crippen LogP contribution in [-0.2, 0) is 15.8 Å². The number of carbonyl (C=O) groups is 3. The fourth-order valence-corrected chi connectivity index (χ4v) is 3.91. The number of nitrogens with zero attached hydrogens (tertiary/aromatic N) is 1. The molecule has 1 saturated heterocycles. The number of ether oxygens (including phenoxy) is 1. The number of aliphatic carboxylic acids is 2. The van der Waals surface area contributed by atoms with E-state index in [1.165, 1.54) is 43.2 Å². The molecular formula is C28H30F3NO6. The highest BCUT2D eigenvalue weighted by Gasteiger charge is 2.32. The van der Waals surface area contributed by atoms with Gasteiger partial charge >= 0.3 is 18.1 Å². The third-order valence-electron chi connectivity index (χ3n) is 5.65. The summed E-state index contributed by atoms with van der Waals surface area (Å²) in [5, 5.41) is 15.6. The number of allylic oxidation sites excluding steroid dienone is 1. The van der Waals surface area contributed by atoms with Crippen molar-refractivity contribution >= 4 is 23.8 Å². The molecule has 204 valence electrons. The molecule has 0 bridgehead atoms. The maximum Gasteiger partial charge on any atom is 0.416 e. The number of rotatable bonds is 9. The predicted molar refractivity (Wildman–Crippen MR) is 136 cm³/mol. The van der Waals surface area contributed by atoms with Crippen LogP contribution in [0.5, 0.6) is 5.75 Å². The summed E-state index contributed by atoms with van der Waals surface area (Å²) in [6.45, 7) is 7.43. The van der Waals surface area contributed by atoms with Crippen LogP contribution in [0.1, 0.15) is 45.5 Å². The van der Waals surface area contributed by atoms with Crippen molar-refractivity contribution in [2.75, 3.05) is 26.2 Å². The van der Waals surface area contributed by atoms with E-state index in [9.17, 15) is 27.6 Å². The molecular weight excluding hydrogens is 503 g/mol. The fraction of sp³-hybridized carbons (Fsp3) is 0.321. The van der Waals surface area contributed by atoms with Crippen LogP contribution in [0.3, 0.4) is 0 Å². The smallest absolute Gasteiger partial charge is 0.416 e. The van der Waals surface area contributed by atoms with Crippen LogP contribution in [0.4, 0.5) is 13.2 Å². The first-order chi connectivity index (χ1) is 17.9. The monoisotopic (exact) mass is 533 g/mol. The largest absolute Gasteiger partial charge is 0.492 e. The first-order valence-electron chi connectivity index (χ1n) is 11.9. The summed E-state index contributed by atoms with van der Waals surface area (Å²) < 4.78 is 45.3. The molecule has 0 amide bonds. The van der Waals surface area contributed by atoms with E-state index >= 15 is 0 Å². The lowest BCUT2D eigenvalue weighted by Gasteiger charge is -2.17. The number of carbonyl (C=O) groups excluding carboxylic acids is 1. The van der Waals surface area contributed by atoms with Crippen LogP contribution >= 0.6 is 0 Å². The van der Waals surface area contributed by atoms with Gasteiger partial charge in [-0.2, -0.15) is 13.2 Å². The third kappa shape index (κ3) is 9.85. The highest BCUT2D eigenvalue weighted by atomic mass is 19.4. The maximum atomic E-state index is 13.1. The van der Waals surface area contributed by atoms with Crippen molar-refractivity contribution in [1.29, 1.82) is 0 Å². The molecule has 1 fully saturated rings. The van der Waals surface area contributed by atoms with Gasteiger partial charge < -0.3 is 14.9 Å². The number of hydrogen-bond donors (Lipinski definition) is 2. The highest BCUT2D eigenvalue weighted by molar-refractivity contribution is 6.07. The summed E-state index contributed by atoms with van der Waals surface area (Å²) in [7, 11) is 0. The number of aryl methyl sites for hydroxylation is 2. The Morgan fingerprint density at radius 1 is 0.947 bits per heavy atom. The molecule has 0 saturated carbocycles. The topological polar surface area (TPSA) is 104 Å². The Kier molecular flexibility index (Phi) is 11.3. The molecule has 1 aliphatic heterocycles. The lowest BCUT2D eigenvalue weighted by Crippen LogP contribution is -2.25. The van der Waals surface area contributed by atoms with E-state index in [0.29, 0.717) is 24.3 Å². The third-order valence-corrected chi connectivity index (χ3v) is 5.65. The summed E-state index contributed by atoms with van der Waals surface area (Å²) in [6.07, 6.45) is 1.52. The number of carboxylic acid groups (broad SMARTS) is 2. The minimum atomic E-state index is -4.47. The molecule has 1 aliphatic rings. The normalized spacial score (nSPS) is 13.9. The van der Waals surface area contributed by atoms with E-state index in [1.54, 1.807) is 12.1 Å². The number of carboxylic acids is 2. The Balaban J connectivity index is 0.000000550. The Labute approximate surface area is 218 Å². The molecule has 2 aromatic rings. The summed E-state index contributed by atoms with van der Waals surface area (Å²) in [5.41, 5.74) is 1.31. The van der Waals surface area contributed by atoms with E-state index in [1.807, 2.05) is 13.8 Å². The zero-order valence-corrected chi connectivity index (χ0v) is 21.1. The lowest BCUT2D eigenvalue weighted by atomic mass is 10.0. The zero-order chi connectivity index (χ0) is 28.3. The molecule has 7 nitrogen and oxygen atoms in total. The molecule has 0 aromatic heterocycles. The van der Waals surface area contributed by atoms with Crippen LogP contribution in [0, 0.1) is 13.8 Å². The minimum Gasteiger partial charge on any atom is -0.492 e. The zero-order valence-electron chi connectivity index (χ0n) is 21.1. The van der Waals surface area contributed by atoms with Gasteiger partial charge in [0.05, 0.1) is 5.56 Å². The SMILES string of the molecule is Cc1cc(C(=O)/C=C/c2ccccc2C(F)(F)F)cc(C)c1OCCN1CCCC1.O=C(O)/C=C/C(=O)O. The number of halogens is 3. The highest BCUT2D eigenvalue weighted by Crippen LogP contribution is 2.32. The maximum absolute atomic E-state index is 13.1. The van der Waals surface area contributed by atoms with Crippen molar-refractivity contribution in [2.45, 2.75) is 32.9 Å². The van der Waals surface area contributed by atoms with Gasteiger partial charge in [-0.1, -0.05) is 24.3 Å². The Morgan fingerprint density at radius 2 is 1.50 bits per heavy atom. The second kappa shape index (κ2) is 14.1. The summed E-state index contributed by atoms with van der Waals surface area (Å²) in [5.74, 6) is -2.10. The van der Waals surface area contributed by atoms with Crippen LogP contribution < -0.4 is 4.74 Å². The second-order valence-electron chi connectivity index (χ2n) is 8.63. The van der Waals surface area contributed by atoms with Gasteiger partial charge in [-0.3, -0.25) is 9.69 Å². The molecule has 38 heavy (non-hydrogen) atoms. The van der Waals surface area contributed by atoms with E-state index in [-0.39, 0.29) is 11.3 Å². The van der Waals surface area contributed by atoms with Gasteiger partial charge in [0.2, 0.25) is 0 Å². The van der Waals surface area contributed by atoms with Crippen molar-refractivity contribution in [3.05, 3.63) is 82.4 Å². The molecule has 3 rings (SSSR count). The molecule has 0 unspecified atom stereocenters. The van der Waals surface area contributed by atoms with Gasteiger partial charge in [0, 0.05) is 24.3 Å². The molecule has 1 heterocycles. The van der Waals surface area contributed by atoms with Gasteiger partial charge in [-0.25, -0.2) is 9.59 Å². The van der Waals surface area contributed by atoms with Crippen LogP contribution in [0.2, 0.25) is 0 Å². The van der Waals surface area contributed by atoms with E-state index in [4.69, 9.17) is 14.9 Å². The Bertz CT molecular complexity index is 1160. The number of hydrogen-bond acceptors (Lipinski definition) is 5. The number of likely N-dealkylation sites (tertiary alicyclic amines) is 1. The first-order valence-corrected chi connectivity index (χ1v) is 11.9. The van der Waals surface area contributed by atoms with Gasteiger partial charge in [0.1, 0.15) is 12.4 Å². The average molecular weight is 534 g/mol. The predicted octanol–water partition coefficient (Wildman–Crippen LogP) is 5.40. The van der Waals surface area contributed by atoms with Crippen molar-refractivity contribution in [2.24, 2.45) is 0 Å². The van der Waals surface area contributed by atoms with Gasteiger partial charge in [0.15, 0.2) is 5.78 Å². The molecule has 2 aromatic carbocycles. The average Bonchev–Trinajstić information content (AvgIpc) is 3.36. The second-order valence-corrected chi connectivity index (χ2v) is 8.63. The van der Waals surface area contributed by atoms with Crippen molar-refractivity contribution in [1.82, 2.24) is 4.90 Å². The molecule has 2 N–H and O–H groups in total. The van der Waals surface area contributed by atoms with Gasteiger partial charge in [-0.05, 0) is 80.7 Å². The van der Waals surface area contributed by atoms with Gasteiger partial charge in [0.25, 0.3) is 0 Å². The summed E-state index contributed by atoms with van der Waals surface area (Å²) >= 11 is 0. The molecule has 0 radical (unpaired) electrons. The number of ketones is 1. The molecule has 0 atom stereocenters. The molecule has 0 spiro atoms. The van der Waals surface area contributed by atoms with E-state index < -0.39 is 23.7 Å². The van der Waals surface area contributed by atoms with Gasteiger partial charge in [-0.15, -0.1) is 0 Å². The van der Waals surface area contributed by atoms with Crippen LogP contribution in [0.15, 0.2) is 54.6 Å². The first kappa shape index (κ1) is 30.3. The molecule has 0 aliphatic carbocycles. The van der Waals surface area contributed by atoms with Crippen LogP contribution in [-0.4, -0.2) is 59.1 Å². The summed E-state index contributed by atoms with van der Waals surface area (Å²) in [6, 6.07) is 8.65. The van der Waals surface area contributed by atoms with Crippen molar-refractivity contribution < 1.29 is 42.5 Å².